The van der Waals surface area contributed by atoms with Crippen LogP contribution in [0.4, 0.5) is 5.69 Å². The van der Waals surface area contributed by atoms with Crippen LogP contribution in [0, 0.1) is 0 Å². The molecule has 0 bridgehead atoms. The van der Waals surface area contributed by atoms with E-state index < -0.39 is 17.7 Å². The third kappa shape index (κ3) is 4.65. The lowest BCUT2D eigenvalue weighted by Crippen LogP contribution is -2.29. The first-order chi connectivity index (χ1) is 18.0. The molecule has 2 heterocycles. The number of rotatable bonds is 7. The largest absolute Gasteiger partial charge is 0.507 e. The fraction of sp³-hybridized carbons (Fsp3) is 0.267. The molecule has 0 radical (unpaired) electrons. The average Bonchev–Trinajstić information content (AvgIpc) is 3.21. The molecule has 1 amide bonds. The number of hydrogen-bond donors (Lipinski definition) is 1. The molecule has 2 aliphatic rings. The Kier molecular flexibility index (Phi) is 6.86. The number of anilines is 1. The first-order valence-corrected chi connectivity index (χ1v) is 12.5. The SMILES string of the molecule is CCCOc1cccc(N2C(=O)C(=O)/C(=C(\O)c3ccc4c(c3)OCCO4)C2c2ccc(CC)cc2)c1. The van der Waals surface area contributed by atoms with Crippen molar-refractivity contribution in [1.29, 1.82) is 0 Å². The Morgan fingerprint density at radius 1 is 0.973 bits per heavy atom. The molecule has 0 aromatic heterocycles. The molecule has 3 aromatic rings. The number of carbonyl (C=O) groups is 2. The number of carbonyl (C=O) groups excluding carboxylic acids is 2. The summed E-state index contributed by atoms with van der Waals surface area (Å²) in [6.07, 6.45) is 1.70. The van der Waals surface area contributed by atoms with Crippen LogP contribution in [0.25, 0.3) is 5.76 Å². The van der Waals surface area contributed by atoms with E-state index in [0.717, 1.165) is 24.0 Å². The second-order valence-electron chi connectivity index (χ2n) is 8.97. The van der Waals surface area contributed by atoms with Gasteiger partial charge in [0.2, 0.25) is 0 Å². The fourth-order valence-corrected chi connectivity index (χ4v) is 4.64. The maximum absolute atomic E-state index is 13.5. The Bertz CT molecular complexity index is 1360. The molecule has 0 spiro atoms. The minimum Gasteiger partial charge on any atom is -0.507 e. The molecule has 2 aliphatic heterocycles. The zero-order valence-corrected chi connectivity index (χ0v) is 20.9. The first kappa shape index (κ1) is 24.4. The van der Waals surface area contributed by atoms with E-state index in [-0.39, 0.29) is 11.3 Å². The van der Waals surface area contributed by atoms with Gasteiger partial charge in [0, 0.05) is 17.3 Å². The van der Waals surface area contributed by atoms with Gasteiger partial charge in [-0.25, -0.2) is 0 Å². The molecule has 37 heavy (non-hydrogen) atoms. The molecular formula is C30H29NO6. The normalized spacial score (nSPS) is 18.2. The summed E-state index contributed by atoms with van der Waals surface area (Å²) in [5, 5.41) is 11.4. The number of aryl methyl sites for hydroxylation is 1. The maximum atomic E-state index is 13.5. The van der Waals surface area contributed by atoms with Crippen LogP contribution in [0.3, 0.4) is 0 Å². The number of ether oxygens (including phenoxy) is 3. The minimum absolute atomic E-state index is 0.0193. The summed E-state index contributed by atoms with van der Waals surface area (Å²) in [4.78, 5) is 28.4. The summed E-state index contributed by atoms with van der Waals surface area (Å²) < 4.78 is 17.0. The van der Waals surface area contributed by atoms with Gasteiger partial charge in [-0.3, -0.25) is 14.5 Å². The molecule has 1 fully saturated rings. The second kappa shape index (κ2) is 10.4. The third-order valence-corrected chi connectivity index (χ3v) is 6.53. The molecule has 1 unspecified atom stereocenters. The molecule has 1 N–H and O–H groups in total. The lowest BCUT2D eigenvalue weighted by atomic mass is 9.94. The number of fused-ring (bicyclic) bond motifs is 1. The zero-order chi connectivity index (χ0) is 25.9. The van der Waals surface area contributed by atoms with Crippen LogP contribution in [0.15, 0.2) is 72.3 Å². The number of aliphatic hydroxyl groups excluding tert-OH is 1. The van der Waals surface area contributed by atoms with Crippen LogP contribution in [-0.4, -0.2) is 36.6 Å². The van der Waals surface area contributed by atoms with Crippen molar-refractivity contribution in [3.63, 3.8) is 0 Å². The lowest BCUT2D eigenvalue weighted by Gasteiger charge is -2.26. The number of nitrogens with zero attached hydrogens (tertiary/aromatic N) is 1. The van der Waals surface area contributed by atoms with E-state index in [9.17, 15) is 14.7 Å². The molecule has 7 heteroatoms. The van der Waals surface area contributed by atoms with Gasteiger partial charge < -0.3 is 19.3 Å². The number of amides is 1. The molecule has 0 aliphatic carbocycles. The highest BCUT2D eigenvalue weighted by atomic mass is 16.6. The van der Waals surface area contributed by atoms with Gasteiger partial charge in [-0.2, -0.15) is 0 Å². The van der Waals surface area contributed by atoms with Gasteiger partial charge >= 0.3 is 0 Å². The third-order valence-electron chi connectivity index (χ3n) is 6.53. The van der Waals surface area contributed by atoms with Crippen molar-refractivity contribution in [1.82, 2.24) is 0 Å². The van der Waals surface area contributed by atoms with Crippen LogP contribution < -0.4 is 19.1 Å². The maximum Gasteiger partial charge on any atom is 0.300 e. The standard InChI is InChI=1S/C30H29NO6/c1-3-14-35-23-7-5-6-22(18-23)31-27(20-10-8-19(4-2)9-11-20)26(29(33)30(31)34)28(32)21-12-13-24-25(17-21)37-16-15-36-24/h5-13,17-18,27,32H,3-4,14-16H2,1-2H3/b28-26-. The topological polar surface area (TPSA) is 85.3 Å². The fourth-order valence-electron chi connectivity index (χ4n) is 4.64. The molecule has 1 atom stereocenters. The van der Waals surface area contributed by atoms with E-state index in [1.165, 1.54) is 4.90 Å². The highest BCUT2D eigenvalue weighted by Gasteiger charge is 2.47. The quantitative estimate of drug-likeness (QED) is 0.265. The Morgan fingerprint density at radius 3 is 2.46 bits per heavy atom. The van der Waals surface area contributed by atoms with Crippen LogP contribution in [0.1, 0.15) is 43.0 Å². The Hall–Kier alpha value is -4.26. The number of benzene rings is 3. The molecule has 0 saturated carbocycles. The van der Waals surface area contributed by atoms with E-state index in [4.69, 9.17) is 14.2 Å². The van der Waals surface area contributed by atoms with Crippen molar-refractivity contribution in [3.8, 4) is 17.2 Å². The predicted octanol–water partition coefficient (Wildman–Crippen LogP) is 5.44. The minimum atomic E-state index is -0.819. The van der Waals surface area contributed by atoms with Crippen LogP contribution in [0.5, 0.6) is 17.2 Å². The Morgan fingerprint density at radius 2 is 1.73 bits per heavy atom. The zero-order valence-electron chi connectivity index (χ0n) is 20.9. The van der Waals surface area contributed by atoms with Crippen LogP contribution >= 0.6 is 0 Å². The van der Waals surface area contributed by atoms with Gasteiger partial charge in [0.05, 0.1) is 18.2 Å². The predicted molar refractivity (Wildman–Crippen MR) is 140 cm³/mol. The molecule has 190 valence electrons. The van der Waals surface area contributed by atoms with Crippen molar-refractivity contribution in [2.45, 2.75) is 32.7 Å². The first-order valence-electron chi connectivity index (χ1n) is 12.5. The lowest BCUT2D eigenvalue weighted by molar-refractivity contribution is -0.132. The van der Waals surface area contributed by atoms with Gasteiger partial charge in [0.25, 0.3) is 11.7 Å². The summed E-state index contributed by atoms with van der Waals surface area (Å²) in [6.45, 7) is 5.44. The summed E-state index contributed by atoms with van der Waals surface area (Å²) >= 11 is 0. The monoisotopic (exact) mass is 499 g/mol. The molecule has 5 rings (SSSR count). The van der Waals surface area contributed by atoms with E-state index >= 15 is 0 Å². The molecule has 3 aromatic carbocycles. The van der Waals surface area contributed by atoms with Crippen molar-refractivity contribution < 1.29 is 28.9 Å². The van der Waals surface area contributed by atoms with Gasteiger partial charge in [-0.1, -0.05) is 44.2 Å². The summed E-state index contributed by atoms with van der Waals surface area (Å²) in [7, 11) is 0. The van der Waals surface area contributed by atoms with Crippen molar-refractivity contribution in [2.24, 2.45) is 0 Å². The van der Waals surface area contributed by atoms with Crippen molar-refractivity contribution >= 4 is 23.1 Å². The molecule has 7 nitrogen and oxygen atoms in total. The van der Waals surface area contributed by atoms with E-state index in [2.05, 4.69) is 6.92 Å². The second-order valence-corrected chi connectivity index (χ2v) is 8.97. The van der Waals surface area contributed by atoms with Crippen molar-refractivity contribution in [3.05, 3.63) is 89.0 Å². The van der Waals surface area contributed by atoms with Gasteiger partial charge in [-0.05, 0) is 54.3 Å². The highest BCUT2D eigenvalue weighted by Crippen LogP contribution is 2.43. The van der Waals surface area contributed by atoms with E-state index in [1.807, 2.05) is 37.3 Å². The summed E-state index contributed by atoms with van der Waals surface area (Å²) in [6, 6.07) is 19.0. The molecule has 1 saturated heterocycles. The van der Waals surface area contributed by atoms with Gasteiger partial charge in [0.1, 0.15) is 24.7 Å². The smallest absolute Gasteiger partial charge is 0.300 e. The summed E-state index contributed by atoms with van der Waals surface area (Å²) in [5.41, 5.74) is 2.75. The number of hydrogen-bond acceptors (Lipinski definition) is 6. The van der Waals surface area contributed by atoms with Crippen LogP contribution in [-0.2, 0) is 16.0 Å². The number of Topliss-reactive ketones (excluding diaryl/α,β-unsaturated/α-hetero) is 1. The molecular weight excluding hydrogens is 470 g/mol. The van der Waals surface area contributed by atoms with Crippen LogP contribution in [0.2, 0.25) is 0 Å². The number of aliphatic hydroxyl groups is 1. The van der Waals surface area contributed by atoms with E-state index in [0.29, 0.717) is 48.3 Å². The highest BCUT2D eigenvalue weighted by molar-refractivity contribution is 6.51. The Labute approximate surface area is 215 Å². The van der Waals surface area contributed by atoms with E-state index in [1.54, 1.807) is 36.4 Å². The van der Waals surface area contributed by atoms with Gasteiger partial charge in [0.15, 0.2) is 11.5 Å². The van der Waals surface area contributed by atoms with Crippen molar-refractivity contribution in [2.75, 3.05) is 24.7 Å². The average molecular weight is 500 g/mol. The Balaban J connectivity index is 1.65. The summed E-state index contributed by atoms with van der Waals surface area (Å²) in [5.74, 6) is -0.0740. The number of ketones is 1. The van der Waals surface area contributed by atoms with Gasteiger partial charge in [-0.15, -0.1) is 0 Å².